The van der Waals surface area contributed by atoms with Gasteiger partial charge in [-0.15, -0.1) is 0 Å². The number of aryl methyl sites for hydroxylation is 2. The average Bonchev–Trinajstić information content (AvgIpc) is 1.02. The van der Waals surface area contributed by atoms with E-state index in [0.29, 0.717) is 0 Å². The molecule has 558 valence electrons. The van der Waals surface area contributed by atoms with Crippen molar-refractivity contribution in [3.05, 3.63) is 245 Å². The molecule has 3 N–H and O–H groups in total. The highest BCUT2D eigenvalue weighted by molar-refractivity contribution is 7.18. The zero-order valence-electron chi connectivity index (χ0n) is 67.8. The van der Waals surface area contributed by atoms with E-state index < -0.39 is 0 Å². The van der Waals surface area contributed by atoms with Gasteiger partial charge >= 0.3 is 0 Å². The Bertz CT molecular complexity index is 4990. The van der Waals surface area contributed by atoms with Crippen LogP contribution < -0.4 is 10.6 Å². The number of aromatic amines is 1. The van der Waals surface area contributed by atoms with Crippen molar-refractivity contribution in [3.63, 3.8) is 0 Å². The van der Waals surface area contributed by atoms with Gasteiger partial charge in [0.2, 0.25) is 0 Å². The molecule has 106 heavy (non-hydrogen) atoms. The van der Waals surface area contributed by atoms with Crippen LogP contribution in [-0.2, 0) is 56.3 Å². The van der Waals surface area contributed by atoms with Crippen molar-refractivity contribution in [2.75, 3.05) is 17.3 Å². The highest BCUT2D eigenvalue weighted by atomic mass is 32.1. The van der Waals surface area contributed by atoms with Gasteiger partial charge in [-0.3, -0.25) is 19.6 Å². The van der Waals surface area contributed by atoms with Gasteiger partial charge in [-0.1, -0.05) is 220 Å². The highest BCUT2D eigenvalue weighted by Gasteiger charge is 2.24. The molecule has 4 aromatic carbocycles. The molecule has 12 heterocycles. The fourth-order valence-electron chi connectivity index (χ4n) is 12.0. The molecule has 16 heteroatoms. The van der Waals surface area contributed by atoms with Crippen molar-refractivity contribution < 1.29 is 0 Å². The molecule has 0 saturated heterocycles. The van der Waals surface area contributed by atoms with Gasteiger partial charge in [0.05, 0.1) is 34.8 Å². The molecule has 0 spiro atoms. The first-order valence-corrected chi connectivity index (χ1v) is 38.2. The largest absolute Gasteiger partial charge is 0.366 e. The molecule has 0 atom stereocenters. The summed E-state index contributed by atoms with van der Waals surface area (Å²) in [6, 6.07) is 47.2. The number of fused-ring (bicyclic) bond motifs is 8. The second-order valence-electron chi connectivity index (χ2n) is 35.8. The van der Waals surface area contributed by atoms with Crippen molar-refractivity contribution in [1.29, 1.82) is 0 Å². The fraction of sp³-hybridized carbons (Fsp3) is 0.411. The van der Waals surface area contributed by atoms with Crippen molar-refractivity contribution >= 4 is 77.1 Å². The molecule has 14 aromatic rings. The van der Waals surface area contributed by atoms with E-state index in [2.05, 4.69) is 370 Å². The zero-order valence-corrected chi connectivity index (χ0v) is 68.6. The monoisotopic (exact) mass is 1440 g/mol. The van der Waals surface area contributed by atoms with Crippen LogP contribution in [0.15, 0.2) is 196 Å². The third-order valence-electron chi connectivity index (χ3n) is 18.5. The van der Waals surface area contributed by atoms with Gasteiger partial charge in [0.1, 0.15) is 11.3 Å². The summed E-state index contributed by atoms with van der Waals surface area (Å²) in [7, 11) is 0. The zero-order chi connectivity index (χ0) is 77.2. The van der Waals surface area contributed by atoms with Crippen LogP contribution in [0.2, 0.25) is 0 Å². The predicted octanol–water partition coefficient (Wildman–Crippen LogP) is 22.9. The highest BCUT2D eigenvalue weighted by Crippen LogP contribution is 2.35. The summed E-state index contributed by atoms with van der Waals surface area (Å²) in [6.07, 6.45) is 22.1. The summed E-state index contributed by atoms with van der Waals surface area (Å²) < 4.78 is 6.21. The maximum atomic E-state index is 4.64. The summed E-state index contributed by atoms with van der Waals surface area (Å²) in [5.74, 6) is 0. The molecule has 0 bridgehead atoms. The van der Waals surface area contributed by atoms with Crippen molar-refractivity contribution in [2.45, 2.75) is 235 Å². The normalized spacial score (nSPS) is 13.1. The van der Waals surface area contributed by atoms with Crippen molar-refractivity contribution in [3.8, 4) is 0 Å². The minimum Gasteiger partial charge on any atom is -0.366 e. The Morgan fingerprint density at radius 3 is 1.76 bits per heavy atom. The molecule has 0 aliphatic carbocycles. The van der Waals surface area contributed by atoms with Crippen LogP contribution >= 0.6 is 11.3 Å². The molecule has 0 saturated carbocycles. The van der Waals surface area contributed by atoms with Crippen LogP contribution in [-0.4, -0.2) is 70.3 Å². The van der Waals surface area contributed by atoms with E-state index in [1.54, 1.807) is 47.0 Å². The lowest BCUT2D eigenvalue weighted by Gasteiger charge is -2.20. The number of nitrogens with zero attached hydrogens (tertiary/aromatic N) is 12. The van der Waals surface area contributed by atoms with Crippen LogP contribution in [0.5, 0.6) is 0 Å². The molecule has 0 unspecified atom stereocenters. The van der Waals surface area contributed by atoms with Gasteiger partial charge in [0.25, 0.3) is 0 Å². The Balaban J connectivity index is 0.000000140. The molecular formula is C90H117N15S. The predicted molar refractivity (Wildman–Crippen MR) is 448 cm³/mol. The number of H-pyrrole nitrogens is 1. The molecule has 16 rings (SSSR count). The second kappa shape index (κ2) is 33.0. The third-order valence-corrected chi connectivity index (χ3v) is 19.9. The number of hydrogen-bond acceptors (Lipinski definition) is 12. The first kappa shape index (κ1) is 80.4. The maximum absolute atomic E-state index is 4.64. The lowest BCUT2D eigenvalue weighted by molar-refractivity contribution is 0.470. The van der Waals surface area contributed by atoms with Gasteiger partial charge in [-0.25, -0.2) is 24.5 Å². The molecule has 15 nitrogen and oxygen atoms in total. The molecule has 0 amide bonds. The average molecular weight is 1440 g/mol. The number of thiazole rings is 1. The van der Waals surface area contributed by atoms with E-state index in [1.165, 1.54) is 103 Å². The van der Waals surface area contributed by atoms with E-state index in [9.17, 15) is 0 Å². The van der Waals surface area contributed by atoms with Crippen molar-refractivity contribution in [1.82, 2.24) is 63.7 Å². The molecule has 2 aliphatic rings. The Morgan fingerprint density at radius 2 is 1.09 bits per heavy atom. The first-order valence-electron chi connectivity index (χ1n) is 37.4. The lowest BCUT2D eigenvalue weighted by Crippen LogP contribution is -2.15. The summed E-state index contributed by atoms with van der Waals surface area (Å²) in [4.78, 5) is 33.7. The lowest BCUT2D eigenvalue weighted by atomic mass is 9.84. The van der Waals surface area contributed by atoms with Gasteiger partial charge in [-0.05, 0) is 176 Å². The number of benzene rings is 4. The number of rotatable bonds is 0. The van der Waals surface area contributed by atoms with Crippen LogP contribution in [0.25, 0.3) is 54.4 Å². The number of hydrogen-bond donors (Lipinski definition) is 3. The van der Waals surface area contributed by atoms with Crippen LogP contribution in [0.3, 0.4) is 0 Å². The molecule has 0 fully saturated rings. The van der Waals surface area contributed by atoms with Crippen LogP contribution in [0.4, 0.5) is 11.4 Å². The van der Waals surface area contributed by atoms with E-state index in [1.807, 2.05) is 30.9 Å². The first-order chi connectivity index (χ1) is 49.6. The van der Waals surface area contributed by atoms with E-state index >= 15 is 0 Å². The Kier molecular flexibility index (Phi) is 25.0. The Hall–Kier alpha value is -9.67. The number of nitrogens with one attached hydrogen (secondary N) is 3. The summed E-state index contributed by atoms with van der Waals surface area (Å²) in [5.41, 5.74) is 20.8. The number of anilines is 2. The van der Waals surface area contributed by atoms with Crippen LogP contribution in [0, 0.1) is 0 Å². The molecule has 2 aliphatic heterocycles. The van der Waals surface area contributed by atoms with Gasteiger partial charge in [0, 0.05) is 106 Å². The smallest absolute Gasteiger partial charge is 0.189 e. The van der Waals surface area contributed by atoms with E-state index in [0.717, 1.165) is 45.4 Å². The summed E-state index contributed by atoms with van der Waals surface area (Å²) in [6.45, 7) is 55.1. The Morgan fingerprint density at radius 1 is 0.462 bits per heavy atom. The SMILES string of the molecule is CC(C)(C)c1cc2n(n1)CCCC2.CC(C)(C)c1ccc2[nH]ccc2c1.CC(C)(C)c1ccc2c(c1)NCN2.CC(C)(C)c1ccc2nccnc2c1.CC(C)(C)c1cccc2cccn12.CC(C)(C)c1cccc2cnccc12.CC(C)(C)c1ccn2ncnc2c1.CC(C)(C)c1nc2nccnc2s1. The van der Waals surface area contributed by atoms with E-state index in [-0.39, 0.29) is 43.3 Å². The fourth-order valence-corrected chi connectivity index (χ4v) is 12.9. The summed E-state index contributed by atoms with van der Waals surface area (Å²) in [5, 5.41) is 20.2. The summed E-state index contributed by atoms with van der Waals surface area (Å²) >= 11 is 1.62. The number of aromatic nitrogens is 13. The molecule has 10 aromatic heterocycles. The maximum Gasteiger partial charge on any atom is 0.189 e. The topological polar surface area (TPSA) is 170 Å². The molecular weight excluding hydrogens is 1320 g/mol. The van der Waals surface area contributed by atoms with E-state index in [4.69, 9.17) is 0 Å². The number of pyridine rings is 3. The van der Waals surface area contributed by atoms with Crippen molar-refractivity contribution in [2.24, 2.45) is 0 Å². The minimum atomic E-state index is 0.0903. The quantitative estimate of drug-likeness (QED) is 0.132. The second-order valence-corrected chi connectivity index (χ2v) is 36.8. The van der Waals surface area contributed by atoms with Gasteiger partial charge in [-0.2, -0.15) is 10.2 Å². The van der Waals surface area contributed by atoms with Crippen LogP contribution in [0.1, 0.15) is 229 Å². The van der Waals surface area contributed by atoms with Gasteiger partial charge in [0.15, 0.2) is 16.1 Å². The van der Waals surface area contributed by atoms with Gasteiger partial charge < -0.3 is 20.0 Å². The Labute approximate surface area is 635 Å². The minimum absolute atomic E-state index is 0.0903. The standard InChI is InChI=1S/C13H15N.C12H14N2.2C12H15N.C11H16N2.C11H18N2.C10H13N3.C9H11N3S/c1-13(2,3)12-6-4-5-10-9-14-8-7-11(10)12;1-12(2,3)9-4-5-10-11(8-9)14-7-6-13-10;1-12(2,3)11-8-4-6-10-7-5-9-13(10)11;1-12(2,3)10-4-5-11-9(8-10)6-7-13-11;1-11(2,3)8-4-5-9-10(6-8)13-7-12-9;1-11(2,3)10-8-9-6-4-5-7-13(9)12-10;1-10(2,3)8-4-5-13-9(6-8)11-7-12-13;1-9(2,3)8-12-6-7(13-8)11-5-4-10-6/h4-9H,1-3H3;4-8H,1-3H3;4-9H,1-3H3;4-8,13H,1-3H3;4-6,12-13H,7H2,1-3H3;8H,4-7H2,1-3H3;4-7H,1-3H3;4-5H,1-3H3. The third kappa shape index (κ3) is 21.8. The molecule has 0 radical (unpaired) electrons.